The Hall–Kier alpha value is -1.96. The van der Waals surface area contributed by atoms with Gasteiger partial charge in [-0.1, -0.05) is 50.6 Å². The Balaban J connectivity index is 2.26. The van der Waals surface area contributed by atoms with Crippen molar-refractivity contribution in [2.75, 3.05) is 46.2 Å². The fourth-order valence-corrected chi connectivity index (χ4v) is 3.21. The van der Waals surface area contributed by atoms with Crippen molar-refractivity contribution >= 4 is 0 Å². The Bertz CT molecular complexity index is 627. The Morgan fingerprint density at radius 1 is 0.839 bits per heavy atom. The molecule has 0 amide bonds. The summed E-state index contributed by atoms with van der Waals surface area (Å²) in [7, 11) is 0. The summed E-state index contributed by atoms with van der Waals surface area (Å²) >= 11 is 0. The van der Waals surface area contributed by atoms with Gasteiger partial charge in [0.1, 0.15) is 6.10 Å². The Labute approximate surface area is 188 Å². The van der Waals surface area contributed by atoms with E-state index in [4.69, 9.17) is 29.5 Å². The first-order valence-corrected chi connectivity index (χ1v) is 11.3. The van der Waals surface area contributed by atoms with E-state index in [0.29, 0.717) is 70.9 Å². The van der Waals surface area contributed by atoms with Gasteiger partial charge in [0.15, 0.2) is 0 Å². The second-order valence-electron chi connectivity index (χ2n) is 7.72. The molecule has 1 aromatic carbocycles. The van der Waals surface area contributed by atoms with E-state index in [1.54, 1.807) is 0 Å². The van der Waals surface area contributed by atoms with Crippen LogP contribution in [-0.4, -0.2) is 52.4 Å². The Morgan fingerprint density at radius 2 is 1.48 bits per heavy atom. The number of rotatable bonds is 19. The third-order valence-corrected chi connectivity index (χ3v) is 5.17. The zero-order chi connectivity index (χ0) is 22.6. The van der Waals surface area contributed by atoms with Gasteiger partial charge in [-0.2, -0.15) is 10.5 Å². The van der Waals surface area contributed by atoms with Crippen LogP contribution >= 0.6 is 0 Å². The second kappa shape index (κ2) is 18.8. The lowest BCUT2D eigenvalue weighted by Crippen LogP contribution is -2.27. The molecule has 0 spiro atoms. The molecule has 31 heavy (non-hydrogen) atoms. The zero-order valence-corrected chi connectivity index (χ0v) is 19.1. The van der Waals surface area contributed by atoms with Crippen molar-refractivity contribution in [1.82, 2.24) is 0 Å². The lowest BCUT2D eigenvalue weighted by molar-refractivity contribution is -0.0652. The molecule has 0 fully saturated rings. The molecule has 0 aliphatic carbocycles. The van der Waals surface area contributed by atoms with Gasteiger partial charge in [0.25, 0.3) is 0 Å². The molecular weight excluding hydrogens is 392 g/mol. The van der Waals surface area contributed by atoms with Gasteiger partial charge in [-0.05, 0) is 30.2 Å². The highest BCUT2D eigenvalue weighted by atomic mass is 16.6. The van der Waals surface area contributed by atoms with Crippen LogP contribution in [0.15, 0.2) is 30.3 Å². The summed E-state index contributed by atoms with van der Waals surface area (Å²) in [5.74, 6) is 1.21. The monoisotopic (exact) mass is 430 g/mol. The van der Waals surface area contributed by atoms with Crippen LogP contribution in [0.3, 0.4) is 0 Å². The quantitative estimate of drug-likeness (QED) is 0.291. The molecule has 3 atom stereocenters. The number of benzene rings is 1. The first-order valence-electron chi connectivity index (χ1n) is 11.3. The number of nitriles is 2. The molecule has 0 aliphatic rings. The fourth-order valence-electron chi connectivity index (χ4n) is 3.21. The van der Waals surface area contributed by atoms with Crippen LogP contribution in [0.25, 0.3) is 0 Å². The average molecular weight is 431 g/mol. The maximum absolute atomic E-state index is 8.65. The van der Waals surface area contributed by atoms with E-state index in [-0.39, 0.29) is 6.10 Å². The summed E-state index contributed by atoms with van der Waals surface area (Å²) in [4.78, 5) is 0. The summed E-state index contributed by atoms with van der Waals surface area (Å²) in [5, 5.41) is 17.2. The third-order valence-electron chi connectivity index (χ3n) is 5.17. The minimum atomic E-state index is -0.245. The van der Waals surface area contributed by atoms with E-state index in [9.17, 15) is 0 Å². The minimum absolute atomic E-state index is 0.245. The van der Waals surface area contributed by atoms with Crippen LogP contribution in [0.5, 0.6) is 0 Å². The Kier molecular flexibility index (Phi) is 16.4. The lowest BCUT2D eigenvalue weighted by Gasteiger charge is -2.21. The fraction of sp³-hybridized carbons (Fsp3) is 0.680. The van der Waals surface area contributed by atoms with Gasteiger partial charge in [0.05, 0.1) is 64.6 Å². The highest BCUT2D eigenvalue weighted by molar-refractivity contribution is 5.19. The topological polar surface area (TPSA) is 84.5 Å². The molecule has 6 heteroatoms. The highest BCUT2D eigenvalue weighted by Crippen LogP contribution is 2.28. The van der Waals surface area contributed by atoms with Crippen LogP contribution in [0.4, 0.5) is 0 Å². The minimum Gasteiger partial charge on any atom is -0.379 e. The van der Waals surface area contributed by atoms with Crippen molar-refractivity contribution in [3.63, 3.8) is 0 Å². The molecule has 0 radical (unpaired) electrons. The summed E-state index contributed by atoms with van der Waals surface area (Å²) in [6, 6.07) is 14.8. The SMILES string of the molecule is CCC(C)CC(CCOCCOCC(COCCC#N)OCCC#N)c1ccccc1. The predicted octanol–water partition coefficient (Wildman–Crippen LogP) is 4.86. The largest absolute Gasteiger partial charge is 0.379 e. The molecule has 0 saturated heterocycles. The lowest BCUT2D eigenvalue weighted by atomic mass is 9.86. The molecule has 1 aromatic rings. The summed E-state index contributed by atoms with van der Waals surface area (Å²) in [6.45, 7) is 7.72. The van der Waals surface area contributed by atoms with Gasteiger partial charge in [0, 0.05) is 6.61 Å². The molecule has 0 aromatic heterocycles. The van der Waals surface area contributed by atoms with Crippen LogP contribution in [0, 0.1) is 28.6 Å². The molecule has 1 rings (SSSR count). The summed E-state index contributed by atoms with van der Waals surface area (Å²) in [5.41, 5.74) is 1.39. The van der Waals surface area contributed by atoms with Crippen LogP contribution in [-0.2, 0) is 18.9 Å². The molecule has 0 saturated carbocycles. The van der Waals surface area contributed by atoms with E-state index in [1.165, 1.54) is 18.4 Å². The van der Waals surface area contributed by atoms with Crippen LogP contribution < -0.4 is 0 Å². The highest BCUT2D eigenvalue weighted by Gasteiger charge is 2.15. The molecule has 0 aliphatic heterocycles. The molecule has 0 heterocycles. The first-order chi connectivity index (χ1) is 15.2. The number of nitrogens with zero attached hydrogens (tertiary/aromatic N) is 2. The van der Waals surface area contributed by atoms with E-state index < -0.39 is 0 Å². The van der Waals surface area contributed by atoms with Gasteiger partial charge in [-0.3, -0.25) is 0 Å². The Morgan fingerprint density at radius 3 is 2.16 bits per heavy atom. The molecule has 3 unspecified atom stereocenters. The summed E-state index contributed by atoms with van der Waals surface area (Å²) < 4.78 is 22.5. The van der Waals surface area contributed by atoms with Crippen LogP contribution in [0.2, 0.25) is 0 Å². The predicted molar refractivity (Wildman–Crippen MR) is 121 cm³/mol. The molecule has 172 valence electrons. The van der Waals surface area contributed by atoms with Gasteiger partial charge < -0.3 is 18.9 Å². The smallest absolute Gasteiger partial charge is 0.104 e. The van der Waals surface area contributed by atoms with Crippen LogP contribution in [0.1, 0.15) is 57.4 Å². The zero-order valence-electron chi connectivity index (χ0n) is 19.1. The maximum atomic E-state index is 8.65. The summed E-state index contributed by atoms with van der Waals surface area (Å²) in [6.07, 6.45) is 3.80. The standard InChI is InChI=1S/C25H38N2O4/c1-3-22(2)19-24(23-9-5-4-6-10-23)11-16-28-17-18-30-21-25(31-15-8-13-27)20-29-14-7-12-26/h4-6,9-10,22,24-25H,3,7-8,11,14-21H2,1-2H3. The van der Waals surface area contributed by atoms with Crippen molar-refractivity contribution in [1.29, 1.82) is 10.5 Å². The van der Waals surface area contributed by atoms with E-state index in [1.807, 2.05) is 6.07 Å². The van der Waals surface area contributed by atoms with Crippen molar-refractivity contribution in [2.24, 2.45) is 5.92 Å². The molecule has 6 nitrogen and oxygen atoms in total. The van der Waals surface area contributed by atoms with Crippen molar-refractivity contribution < 1.29 is 18.9 Å². The van der Waals surface area contributed by atoms with Gasteiger partial charge >= 0.3 is 0 Å². The number of hydrogen-bond acceptors (Lipinski definition) is 6. The van der Waals surface area contributed by atoms with Gasteiger partial charge in [-0.25, -0.2) is 0 Å². The molecule has 0 bridgehead atoms. The van der Waals surface area contributed by atoms with Crippen molar-refractivity contribution in [2.45, 2.75) is 58.0 Å². The van der Waals surface area contributed by atoms with E-state index in [0.717, 1.165) is 6.42 Å². The molecule has 0 N–H and O–H groups in total. The van der Waals surface area contributed by atoms with Crippen molar-refractivity contribution in [3.05, 3.63) is 35.9 Å². The van der Waals surface area contributed by atoms with Crippen molar-refractivity contribution in [3.8, 4) is 12.1 Å². The maximum Gasteiger partial charge on any atom is 0.104 e. The number of ether oxygens (including phenoxy) is 4. The molecular formula is C25H38N2O4. The van der Waals surface area contributed by atoms with Gasteiger partial charge in [-0.15, -0.1) is 0 Å². The van der Waals surface area contributed by atoms with E-state index in [2.05, 4.69) is 50.2 Å². The average Bonchev–Trinajstić information content (AvgIpc) is 2.80. The van der Waals surface area contributed by atoms with E-state index >= 15 is 0 Å². The van der Waals surface area contributed by atoms with Gasteiger partial charge in [0.2, 0.25) is 0 Å². The first kappa shape index (κ1) is 27.1. The normalized spacial score (nSPS) is 13.8. The second-order valence-corrected chi connectivity index (χ2v) is 7.72. The number of hydrogen-bond donors (Lipinski definition) is 0. The third kappa shape index (κ3) is 13.9.